The molecule has 88 valence electrons. The Morgan fingerprint density at radius 3 is 2.81 bits per heavy atom. The Morgan fingerprint density at radius 1 is 1.50 bits per heavy atom. The fourth-order valence-electron chi connectivity index (χ4n) is 1.48. The molecule has 0 aliphatic carbocycles. The van der Waals surface area contributed by atoms with E-state index in [1.54, 1.807) is 12.1 Å². The van der Waals surface area contributed by atoms with Crippen LogP contribution >= 0.6 is 0 Å². The first-order chi connectivity index (χ1) is 7.69. The van der Waals surface area contributed by atoms with Crippen molar-refractivity contribution in [1.29, 1.82) is 0 Å². The zero-order valence-electron chi connectivity index (χ0n) is 9.40. The number of aryl methyl sites for hydroxylation is 1. The molecule has 0 heterocycles. The molecule has 0 fully saturated rings. The molecule has 5 heteroatoms. The molecule has 0 unspecified atom stereocenters. The van der Waals surface area contributed by atoms with Gasteiger partial charge in [-0.05, 0) is 25.5 Å². The van der Waals surface area contributed by atoms with E-state index < -0.39 is 0 Å². The van der Waals surface area contributed by atoms with Gasteiger partial charge in [-0.3, -0.25) is 10.1 Å². The van der Waals surface area contributed by atoms with E-state index in [0.717, 1.165) is 24.2 Å². The van der Waals surface area contributed by atoms with Crippen molar-refractivity contribution in [2.24, 2.45) is 5.73 Å². The maximum Gasteiger partial charge on any atom is 0.274 e. The van der Waals surface area contributed by atoms with E-state index >= 15 is 0 Å². The summed E-state index contributed by atoms with van der Waals surface area (Å²) in [5.74, 6) is 0. The molecule has 0 radical (unpaired) electrons. The van der Waals surface area contributed by atoms with Crippen LogP contribution in [0.1, 0.15) is 18.9 Å². The topological polar surface area (TPSA) is 81.2 Å². The normalized spacial score (nSPS) is 10.1. The summed E-state index contributed by atoms with van der Waals surface area (Å²) >= 11 is 0. The van der Waals surface area contributed by atoms with Gasteiger partial charge in [-0.15, -0.1) is 0 Å². The number of hydrogen-bond donors (Lipinski definition) is 2. The number of anilines is 1. The van der Waals surface area contributed by atoms with Crippen LogP contribution in [0.2, 0.25) is 0 Å². The lowest BCUT2D eigenvalue weighted by Gasteiger charge is -2.07. The summed E-state index contributed by atoms with van der Waals surface area (Å²) in [4.78, 5) is 10.5. The first kappa shape index (κ1) is 12.4. The minimum atomic E-state index is -0.340. The molecule has 0 saturated carbocycles. The highest BCUT2D eigenvalue weighted by Crippen LogP contribution is 2.23. The third-order valence-electron chi connectivity index (χ3n) is 2.37. The maximum atomic E-state index is 10.8. The molecule has 16 heavy (non-hydrogen) atoms. The summed E-state index contributed by atoms with van der Waals surface area (Å²) in [6, 6.07) is 5.24. The lowest BCUT2D eigenvalue weighted by atomic mass is 10.1. The average molecular weight is 223 g/mol. The van der Waals surface area contributed by atoms with Crippen LogP contribution < -0.4 is 11.1 Å². The van der Waals surface area contributed by atoms with Crippen LogP contribution in [0.5, 0.6) is 0 Å². The Hall–Kier alpha value is -1.62. The molecular formula is C11H17N3O2. The van der Waals surface area contributed by atoms with Crippen molar-refractivity contribution >= 4 is 11.4 Å². The summed E-state index contributed by atoms with van der Waals surface area (Å²) in [6.07, 6.45) is 1.52. The van der Waals surface area contributed by atoms with E-state index in [1.165, 1.54) is 0 Å². The molecule has 0 aromatic heterocycles. The molecule has 3 N–H and O–H groups in total. The lowest BCUT2D eigenvalue weighted by molar-refractivity contribution is -0.385. The highest BCUT2D eigenvalue weighted by Gasteiger charge is 2.12. The second-order valence-electron chi connectivity index (χ2n) is 3.52. The number of nitro benzene ring substituents is 1. The van der Waals surface area contributed by atoms with Gasteiger partial charge in [0.25, 0.3) is 5.69 Å². The number of nitrogens with zero attached hydrogens (tertiary/aromatic N) is 1. The standard InChI is InChI=1S/C11H17N3O2/c1-2-9-4-5-10(13-7-3-6-12)8-11(9)14(15)16/h4-5,8,13H,2-3,6-7,12H2,1H3. The number of nitrogens with one attached hydrogen (secondary N) is 1. The van der Waals surface area contributed by atoms with Crippen molar-refractivity contribution in [3.8, 4) is 0 Å². The van der Waals surface area contributed by atoms with Crippen LogP contribution in [0.4, 0.5) is 11.4 Å². The van der Waals surface area contributed by atoms with Gasteiger partial charge in [0, 0.05) is 23.9 Å². The SMILES string of the molecule is CCc1ccc(NCCCN)cc1[N+](=O)[O-]. The predicted molar refractivity (Wildman–Crippen MR) is 64.6 cm³/mol. The molecule has 0 saturated heterocycles. The number of nitro groups is 1. The zero-order valence-corrected chi connectivity index (χ0v) is 9.40. The second-order valence-corrected chi connectivity index (χ2v) is 3.52. The molecule has 0 aliphatic heterocycles. The fourth-order valence-corrected chi connectivity index (χ4v) is 1.48. The van der Waals surface area contributed by atoms with E-state index in [4.69, 9.17) is 5.73 Å². The van der Waals surface area contributed by atoms with Crippen molar-refractivity contribution in [1.82, 2.24) is 0 Å². The molecule has 0 spiro atoms. The minimum absolute atomic E-state index is 0.181. The van der Waals surface area contributed by atoms with E-state index in [9.17, 15) is 10.1 Å². The van der Waals surface area contributed by atoms with Gasteiger partial charge in [0.1, 0.15) is 0 Å². The third-order valence-corrected chi connectivity index (χ3v) is 2.37. The highest BCUT2D eigenvalue weighted by atomic mass is 16.6. The second kappa shape index (κ2) is 6.07. The van der Waals surface area contributed by atoms with E-state index in [0.29, 0.717) is 13.0 Å². The Kier molecular flexibility index (Phi) is 4.72. The third kappa shape index (κ3) is 3.20. The lowest BCUT2D eigenvalue weighted by Crippen LogP contribution is -2.08. The van der Waals surface area contributed by atoms with Crippen LogP contribution in [-0.2, 0) is 6.42 Å². The maximum absolute atomic E-state index is 10.8. The van der Waals surface area contributed by atoms with Gasteiger partial charge in [0.15, 0.2) is 0 Å². The first-order valence-electron chi connectivity index (χ1n) is 5.40. The summed E-state index contributed by atoms with van der Waals surface area (Å²) in [7, 11) is 0. The zero-order chi connectivity index (χ0) is 12.0. The van der Waals surface area contributed by atoms with Gasteiger partial charge in [0.05, 0.1) is 4.92 Å². The number of hydrogen-bond acceptors (Lipinski definition) is 4. The van der Waals surface area contributed by atoms with Crippen molar-refractivity contribution in [2.45, 2.75) is 19.8 Å². The van der Waals surface area contributed by atoms with Crippen LogP contribution in [0, 0.1) is 10.1 Å². The quantitative estimate of drug-likeness (QED) is 0.438. The van der Waals surface area contributed by atoms with Gasteiger partial charge < -0.3 is 11.1 Å². The molecule has 1 rings (SSSR count). The molecular weight excluding hydrogens is 206 g/mol. The van der Waals surface area contributed by atoms with Gasteiger partial charge >= 0.3 is 0 Å². The van der Waals surface area contributed by atoms with Crippen LogP contribution in [-0.4, -0.2) is 18.0 Å². The summed E-state index contributed by atoms with van der Waals surface area (Å²) < 4.78 is 0. The molecule has 5 nitrogen and oxygen atoms in total. The van der Waals surface area contributed by atoms with Crippen LogP contribution in [0.25, 0.3) is 0 Å². The van der Waals surface area contributed by atoms with Gasteiger partial charge in [-0.1, -0.05) is 13.0 Å². The fraction of sp³-hybridized carbons (Fsp3) is 0.455. The van der Waals surface area contributed by atoms with Crippen molar-refractivity contribution < 1.29 is 4.92 Å². The Morgan fingerprint density at radius 2 is 2.25 bits per heavy atom. The highest BCUT2D eigenvalue weighted by molar-refractivity contribution is 5.55. The minimum Gasteiger partial charge on any atom is -0.385 e. The number of benzene rings is 1. The van der Waals surface area contributed by atoms with E-state index in [2.05, 4.69) is 5.32 Å². The molecule has 0 amide bonds. The van der Waals surface area contributed by atoms with Gasteiger partial charge in [0.2, 0.25) is 0 Å². The monoisotopic (exact) mass is 223 g/mol. The Bertz CT molecular complexity index is 366. The van der Waals surface area contributed by atoms with Crippen molar-refractivity contribution in [3.05, 3.63) is 33.9 Å². The van der Waals surface area contributed by atoms with Gasteiger partial charge in [-0.2, -0.15) is 0 Å². The predicted octanol–water partition coefficient (Wildman–Crippen LogP) is 1.92. The average Bonchev–Trinajstić information content (AvgIpc) is 2.29. The molecule has 1 aromatic carbocycles. The molecule has 0 atom stereocenters. The molecule has 1 aromatic rings. The number of nitrogens with two attached hydrogens (primary N) is 1. The summed E-state index contributed by atoms with van der Waals surface area (Å²) in [6.45, 7) is 3.26. The number of rotatable bonds is 6. The molecule has 0 bridgehead atoms. The van der Waals surface area contributed by atoms with E-state index in [1.807, 2.05) is 13.0 Å². The summed E-state index contributed by atoms with van der Waals surface area (Å²) in [5.41, 5.74) is 7.08. The van der Waals surface area contributed by atoms with Crippen LogP contribution in [0.3, 0.4) is 0 Å². The Labute approximate surface area is 94.8 Å². The summed E-state index contributed by atoms with van der Waals surface area (Å²) in [5, 5.41) is 13.9. The smallest absolute Gasteiger partial charge is 0.274 e. The first-order valence-corrected chi connectivity index (χ1v) is 5.40. The largest absolute Gasteiger partial charge is 0.385 e. The van der Waals surface area contributed by atoms with E-state index in [-0.39, 0.29) is 10.6 Å². The van der Waals surface area contributed by atoms with Crippen molar-refractivity contribution in [2.75, 3.05) is 18.4 Å². The van der Waals surface area contributed by atoms with Crippen LogP contribution in [0.15, 0.2) is 18.2 Å². The molecule has 0 aliphatic rings. The van der Waals surface area contributed by atoms with Crippen molar-refractivity contribution in [3.63, 3.8) is 0 Å². The Balaban J connectivity index is 2.81. The van der Waals surface area contributed by atoms with Gasteiger partial charge in [-0.25, -0.2) is 0 Å².